The van der Waals surface area contributed by atoms with Crippen molar-refractivity contribution in [3.8, 4) is 5.75 Å². The first-order valence-corrected chi connectivity index (χ1v) is 8.89. The number of hydrogen-bond donors (Lipinski definition) is 2. The third-order valence-corrected chi connectivity index (χ3v) is 4.18. The van der Waals surface area contributed by atoms with Crippen LogP contribution < -0.4 is 15.4 Å². The third kappa shape index (κ3) is 4.38. The SMILES string of the molecule is CC(C)NC(=O)Oc1ccc2ccccc2c1C(=O)Nc1ccccc1Cl. The summed E-state index contributed by atoms with van der Waals surface area (Å²) in [5.41, 5.74) is 0.751. The van der Waals surface area contributed by atoms with E-state index in [0.717, 1.165) is 5.39 Å². The molecule has 0 saturated carbocycles. The molecule has 0 aliphatic heterocycles. The van der Waals surface area contributed by atoms with Gasteiger partial charge in [-0.05, 0) is 42.8 Å². The molecule has 0 aliphatic rings. The fourth-order valence-corrected chi connectivity index (χ4v) is 2.87. The topological polar surface area (TPSA) is 67.4 Å². The number of halogens is 1. The largest absolute Gasteiger partial charge is 0.412 e. The van der Waals surface area contributed by atoms with Crippen molar-refractivity contribution in [2.24, 2.45) is 0 Å². The maximum atomic E-state index is 13.0. The zero-order chi connectivity index (χ0) is 19.4. The van der Waals surface area contributed by atoms with Gasteiger partial charge in [0, 0.05) is 6.04 Å². The van der Waals surface area contributed by atoms with Gasteiger partial charge in [-0.15, -0.1) is 0 Å². The van der Waals surface area contributed by atoms with E-state index in [4.69, 9.17) is 16.3 Å². The number of carbonyl (C=O) groups is 2. The monoisotopic (exact) mass is 382 g/mol. The molecule has 0 atom stereocenters. The van der Waals surface area contributed by atoms with Gasteiger partial charge in [0.25, 0.3) is 5.91 Å². The molecule has 27 heavy (non-hydrogen) atoms. The highest BCUT2D eigenvalue weighted by molar-refractivity contribution is 6.34. The molecule has 0 aliphatic carbocycles. The minimum atomic E-state index is -0.618. The first-order chi connectivity index (χ1) is 13.0. The molecule has 0 aromatic heterocycles. The highest BCUT2D eigenvalue weighted by Gasteiger charge is 2.20. The van der Waals surface area contributed by atoms with Crippen molar-refractivity contribution in [2.75, 3.05) is 5.32 Å². The van der Waals surface area contributed by atoms with Crippen molar-refractivity contribution >= 4 is 40.1 Å². The van der Waals surface area contributed by atoms with Crippen molar-refractivity contribution in [2.45, 2.75) is 19.9 Å². The first kappa shape index (κ1) is 18.7. The van der Waals surface area contributed by atoms with E-state index in [-0.39, 0.29) is 17.4 Å². The quantitative estimate of drug-likeness (QED) is 0.648. The second-order valence-electron chi connectivity index (χ2n) is 6.28. The normalized spacial score (nSPS) is 10.7. The van der Waals surface area contributed by atoms with Gasteiger partial charge in [0.15, 0.2) is 0 Å². The Morgan fingerprint density at radius 2 is 1.67 bits per heavy atom. The van der Waals surface area contributed by atoms with E-state index in [0.29, 0.717) is 16.1 Å². The summed E-state index contributed by atoms with van der Waals surface area (Å²) < 4.78 is 5.41. The molecule has 0 heterocycles. The van der Waals surface area contributed by atoms with Crippen LogP contribution in [0.5, 0.6) is 5.75 Å². The Labute approximate surface area is 162 Å². The maximum absolute atomic E-state index is 13.0. The fraction of sp³-hybridized carbons (Fsp3) is 0.143. The Bertz CT molecular complexity index is 1000. The van der Waals surface area contributed by atoms with Crippen LogP contribution in [0, 0.1) is 0 Å². The number of anilines is 1. The number of amides is 2. The summed E-state index contributed by atoms with van der Waals surface area (Å²) in [5, 5.41) is 7.40. The molecule has 0 radical (unpaired) electrons. The highest BCUT2D eigenvalue weighted by Crippen LogP contribution is 2.30. The minimum absolute atomic E-state index is 0.0849. The molecule has 6 heteroatoms. The predicted octanol–water partition coefficient (Wildman–Crippen LogP) is 5.24. The van der Waals surface area contributed by atoms with E-state index in [1.54, 1.807) is 36.4 Å². The molecule has 0 bridgehead atoms. The first-order valence-electron chi connectivity index (χ1n) is 8.51. The number of rotatable bonds is 4. The summed E-state index contributed by atoms with van der Waals surface area (Å²) in [6.07, 6.45) is -0.618. The molecule has 0 saturated heterocycles. The smallest absolute Gasteiger partial charge is 0.409 e. The summed E-state index contributed by atoms with van der Waals surface area (Å²) in [6.45, 7) is 3.65. The highest BCUT2D eigenvalue weighted by atomic mass is 35.5. The lowest BCUT2D eigenvalue weighted by atomic mass is 10.0. The fourth-order valence-electron chi connectivity index (χ4n) is 2.68. The molecule has 5 nitrogen and oxygen atoms in total. The lowest BCUT2D eigenvalue weighted by Gasteiger charge is -2.15. The molecular weight excluding hydrogens is 364 g/mol. The van der Waals surface area contributed by atoms with Crippen LogP contribution in [-0.2, 0) is 0 Å². The van der Waals surface area contributed by atoms with Gasteiger partial charge in [-0.1, -0.05) is 54.1 Å². The van der Waals surface area contributed by atoms with E-state index in [2.05, 4.69) is 10.6 Å². The van der Waals surface area contributed by atoms with Crippen LogP contribution in [0.2, 0.25) is 5.02 Å². The van der Waals surface area contributed by atoms with Crippen molar-refractivity contribution in [3.05, 3.63) is 71.2 Å². The lowest BCUT2D eigenvalue weighted by Crippen LogP contribution is -2.33. The Morgan fingerprint density at radius 3 is 2.41 bits per heavy atom. The van der Waals surface area contributed by atoms with Gasteiger partial charge in [-0.3, -0.25) is 4.79 Å². The van der Waals surface area contributed by atoms with Gasteiger partial charge in [-0.25, -0.2) is 4.79 Å². The Morgan fingerprint density at radius 1 is 0.963 bits per heavy atom. The molecule has 138 valence electrons. The van der Waals surface area contributed by atoms with Crippen LogP contribution in [-0.4, -0.2) is 18.0 Å². The van der Waals surface area contributed by atoms with Gasteiger partial charge in [0.05, 0.1) is 16.3 Å². The van der Waals surface area contributed by atoms with Crippen molar-refractivity contribution in [1.82, 2.24) is 5.32 Å². The number of para-hydroxylation sites is 1. The van der Waals surface area contributed by atoms with E-state index in [1.165, 1.54) is 0 Å². The predicted molar refractivity (Wildman–Crippen MR) is 108 cm³/mol. The molecule has 2 N–H and O–H groups in total. The summed E-state index contributed by atoms with van der Waals surface area (Å²) in [6, 6.07) is 17.7. The van der Waals surface area contributed by atoms with Crippen molar-refractivity contribution in [1.29, 1.82) is 0 Å². The van der Waals surface area contributed by atoms with Crippen LogP contribution in [0.15, 0.2) is 60.7 Å². The van der Waals surface area contributed by atoms with Gasteiger partial charge in [0.1, 0.15) is 5.75 Å². The third-order valence-electron chi connectivity index (χ3n) is 3.85. The number of nitrogens with one attached hydrogen (secondary N) is 2. The molecule has 2 amide bonds. The van der Waals surface area contributed by atoms with Crippen LogP contribution in [0.1, 0.15) is 24.2 Å². The Balaban J connectivity index is 2.02. The maximum Gasteiger partial charge on any atom is 0.412 e. The molecule has 0 unspecified atom stereocenters. The van der Waals surface area contributed by atoms with Crippen LogP contribution in [0.25, 0.3) is 10.8 Å². The van der Waals surface area contributed by atoms with Gasteiger partial charge >= 0.3 is 6.09 Å². The van der Waals surface area contributed by atoms with Crippen molar-refractivity contribution < 1.29 is 14.3 Å². The van der Waals surface area contributed by atoms with E-state index in [9.17, 15) is 9.59 Å². The standard InChI is InChI=1S/C21H19ClN2O3/c1-13(2)23-21(26)27-18-12-11-14-7-3-4-8-15(14)19(18)20(25)24-17-10-6-5-9-16(17)22/h3-13H,1-2H3,(H,23,26)(H,24,25). The second-order valence-corrected chi connectivity index (χ2v) is 6.69. The average Bonchev–Trinajstić information content (AvgIpc) is 2.62. The van der Waals surface area contributed by atoms with Crippen molar-refractivity contribution in [3.63, 3.8) is 0 Å². The van der Waals surface area contributed by atoms with Crippen LogP contribution in [0.3, 0.4) is 0 Å². The summed E-state index contributed by atoms with van der Waals surface area (Å²) in [7, 11) is 0. The second kappa shape index (κ2) is 8.10. The molecule has 0 spiro atoms. The van der Waals surface area contributed by atoms with Crippen LogP contribution >= 0.6 is 11.6 Å². The van der Waals surface area contributed by atoms with E-state index < -0.39 is 12.0 Å². The number of carbonyl (C=O) groups excluding carboxylic acids is 2. The molecule has 3 aromatic carbocycles. The van der Waals surface area contributed by atoms with E-state index >= 15 is 0 Å². The number of benzene rings is 3. The zero-order valence-corrected chi connectivity index (χ0v) is 15.7. The summed E-state index contributed by atoms with van der Waals surface area (Å²) >= 11 is 6.15. The molecule has 3 rings (SSSR count). The van der Waals surface area contributed by atoms with E-state index in [1.807, 2.05) is 38.1 Å². The Hall–Kier alpha value is -3.05. The van der Waals surface area contributed by atoms with Gasteiger partial charge in [-0.2, -0.15) is 0 Å². The van der Waals surface area contributed by atoms with Crippen LogP contribution in [0.4, 0.5) is 10.5 Å². The summed E-state index contributed by atoms with van der Waals surface area (Å²) in [4.78, 5) is 25.1. The molecular formula is C21H19ClN2O3. The van der Waals surface area contributed by atoms with Gasteiger partial charge < -0.3 is 15.4 Å². The minimum Gasteiger partial charge on any atom is -0.409 e. The molecule has 3 aromatic rings. The number of fused-ring (bicyclic) bond motifs is 1. The Kier molecular flexibility index (Phi) is 5.62. The molecule has 0 fully saturated rings. The van der Waals surface area contributed by atoms with Gasteiger partial charge in [0.2, 0.25) is 0 Å². The average molecular weight is 383 g/mol. The lowest BCUT2D eigenvalue weighted by molar-refractivity contribution is 0.102. The zero-order valence-electron chi connectivity index (χ0n) is 15.0. The number of ether oxygens (including phenoxy) is 1. The number of hydrogen-bond acceptors (Lipinski definition) is 3. The summed E-state index contributed by atoms with van der Waals surface area (Å²) in [5.74, 6) is -0.233.